The number of urea groups is 1. The zero-order chi connectivity index (χ0) is 21.5. The first-order chi connectivity index (χ1) is 14.4. The monoisotopic (exact) mass is 415 g/mol. The maximum atomic E-state index is 13.0. The fourth-order valence-electron chi connectivity index (χ4n) is 2.87. The molecule has 1 heterocycles. The second-order valence-corrected chi connectivity index (χ2v) is 6.73. The number of nitrogens with zero attached hydrogens (tertiary/aromatic N) is 2. The van der Waals surface area contributed by atoms with Crippen molar-refractivity contribution in [3.63, 3.8) is 0 Å². The molecular formula is C21H23F2N5O2. The first-order valence-corrected chi connectivity index (χ1v) is 9.49. The van der Waals surface area contributed by atoms with E-state index in [9.17, 15) is 13.6 Å². The lowest BCUT2D eigenvalue weighted by atomic mass is 10.1. The number of benzene rings is 2. The van der Waals surface area contributed by atoms with Crippen molar-refractivity contribution in [2.45, 2.75) is 26.7 Å². The predicted octanol–water partition coefficient (Wildman–Crippen LogP) is 4.28. The molecule has 2 aromatic carbocycles. The molecule has 30 heavy (non-hydrogen) atoms. The Morgan fingerprint density at radius 1 is 1.13 bits per heavy atom. The molecule has 0 aliphatic carbocycles. The summed E-state index contributed by atoms with van der Waals surface area (Å²) in [7, 11) is 0. The van der Waals surface area contributed by atoms with Crippen LogP contribution in [0.25, 0.3) is 10.9 Å². The molecule has 0 radical (unpaired) electrons. The number of fused-ring (bicyclic) bond motifs is 1. The van der Waals surface area contributed by atoms with Gasteiger partial charge >= 0.3 is 6.03 Å². The van der Waals surface area contributed by atoms with Crippen LogP contribution in [0.1, 0.15) is 29.8 Å². The number of amides is 2. The van der Waals surface area contributed by atoms with Crippen LogP contribution in [0.4, 0.5) is 19.4 Å². The smallest absolute Gasteiger partial charge is 0.333 e. The highest BCUT2D eigenvalue weighted by Gasteiger charge is 2.15. The van der Waals surface area contributed by atoms with Gasteiger partial charge in [-0.15, -0.1) is 0 Å². The molecule has 0 spiro atoms. The lowest BCUT2D eigenvalue weighted by molar-refractivity contribution is 0.141. The Bertz CT molecular complexity index is 1030. The van der Waals surface area contributed by atoms with E-state index in [1.807, 2.05) is 32.0 Å². The summed E-state index contributed by atoms with van der Waals surface area (Å²) in [5, 5.41) is 3.18. The van der Waals surface area contributed by atoms with Crippen LogP contribution in [0, 0.1) is 13.8 Å². The molecule has 0 bridgehead atoms. The van der Waals surface area contributed by atoms with Gasteiger partial charge in [-0.3, -0.25) is 10.9 Å². The molecule has 0 atom stereocenters. The van der Waals surface area contributed by atoms with Gasteiger partial charge < -0.3 is 10.1 Å². The molecule has 1 aromatic heterocycles. The Balaban J connectivity index is 1.47. The first kappa shape index (κ1) is 21.2. The van der Waals surface area contributed by atoms with Crippen molar-refractivity contribution in [2.75, 3.05) is 18.6 Å². The minimum Gasteiger partial charge on any atom is -0.493 e. The van der Waals surface area contributed by atoms with Gasteiger partial charge in [0.15, 0.2) is 11.6 Å². The third-order valence-corrected chi connectivity index (χ3v) is 4.30. The zero-order valence-corrected chi connectivity index (χ0v) is 16.7. The van der Waals surface area contributed by atoms with Gasteiger partial charge in [0, 0.05) is 11.9 Å². The van der Waals surface area contributed by atoms with Gasteiger partial charge in [-0.25, -0.2) is 23.5 Å². The fourth-order valence-corrected chi connectivity index (χ4v) is 2.87. The average molecular weight is 415 g/mol. The summed E-state index contributed by atoms with van der Waals surface area (Å²) in [6.45, 7) is 4.83. The number of carbonyl (C=O) groups excluding carboxylic acids is 1. The van der Waals surface area contributed by atoms with Crippen LogP contribution < -0.4 is 20.9 Å². The van der Waals surface area contributed by atoms with Crippen molar-refractivity contribution in [1.29, 1.82) is 0 Å². The van der Waals surface area contributed by atoms with E-state index in [4.69, 9.17) is 4.74 Å². The second-order valence-electron chi connectivity index (χ2n) is 6.73. The second kappa shape index (κ2) is 9.82. The summed E-state index contributed by atoms with van der Waals surface area (Å²) < 4.78 is 31.7. The Hall–Kier alpha value is -3.49. The Kier molecular flexibility index (Phi) is 6.95. The van der Waals surface area contributed by atoms with E-state index < -0.39 is 18.3 Å². The highest BCUT2D eigenvalue weighted by atomic mass is 19.3. The summed E-state index contributed by atoms with van der Waals surface area (Å²) >= 11 is 0. The predicted molar refractivity (Wildman–Crippen MR) is 111 cm³/mol. The average Bonchev–Trinajstić information content (AvgIpc) is 2.72. The van der Waals surface area contributed by atoms with Crippen molar-refractivity contribution in [2.24, 2.45) is 0 Å². The minimum atomic E-state index is -2.82. The molecule has 0 unspecified atom stereocenters. The summed E-state index contributed by atoms with van der Waals surface area (Å²) in [6.07, 6.45) is -2.21. The quantitative estimate of drug-likeness (QED) is 0.378. The number of hydrazine groups is 1. The Labute approximate surface area is 172 Å². The molecule has 2 amide bonds. The summed E-state index contributed by atoms with van der Waals surface area (Å²) in [5.41, 5.74) is 7.58. The van der Waals surface area contributed by atoms with Crippen LogP contribution in [0.2, 0.25) is 0 Å². The molecular weight excluding hydrogens is 392 g/mol. The van der Waals surface area contributed by atoms with Crippen LogP contribution in [-0.4, -0.2) is 29.2 Å². The molecule has 0 fully saturated rings. The molecule has 3 N–H and O–H groups in total. The number of carbonyl (C=O) groups is 1. The number of alkyl halides is 2. The minimum absolute atomic E-state index is 0.101. The van der Waals surface area contributed by atoms with Crippen LogP contribution in [-0.2, 0) is 0 Å². The maximum absolute atomic E-state index is 13.0. The van der Waals surface area contributed by atoms with Gasteiger partial charge in [-0.1, -0.05) is 29.8 Å². The number of hydrogen-bond acceptors (Lipinski definition) is 5. The van der Waals surface area contributed by atoms with Gasteiger partial charge in [-0.05, 0) is 44.0 Å². The number of halogens is 2. The molecule has 3 aromatic rings. The number of anilines is 1. The highest BCUT2D eigenvalue weighted by Crippen LogP contribution is 2.23. The molecule has 0 saturated heterocycles. The van der Waals surface area contributed by atoms with E-state index in [1.165, 1.54) is 5.56 Å². The van der Waals surface area contributed by atoms with E-state index >= 15 is 0 Å². The van der Waals surface area contributed by atoms with Crippen LogP contribution in [0.3, 0.4) is 0 Å². The largest absolute Gasteiger partial charge is 0.493 e. The number of nitrogens with one attached hydrogen (secondary N) is 3. The highest BCUT2D eigenvalue weighted by molar-refractivity contribution is 5.89. The SMILES string of the molecule is Cc1ccc(OCCCNC(=O)NNc2nc(C(F)F)nc3ccccc23)c(C)c1. The van der Waals surface area contributed by atoms with Crippen LogP contribution in [0.15, 0.2) is 42.5 Å². The van der Waals surface area contributed by atoms with Gasteiger partial charge in [0.25, 0.3) is 6.43 Å². The topological polar surface area (TPSA) is 88.2 Å². The molecule has 0 saturated carbocycles. The lowest BCUT2D eigenvalue weighted by Gasteiger charge is -2.13. The van der Waals surface area contributed by atoms with E-state index in [2.05, 4.69) is 26.1 Å². The van der Waals surface area contributed by atoms with Crippen molar-refractivity contribution in [3.05, 3.63) is 59.4 Å². The molecule has 3 rings (SSSR count). The lowest BCUT2D eigenvalue weighted by Crippen LogP contribution is -2.40. The Morgan fingerprint density at radius 2 is 1.93 bits per heavy atom. The number of aryl methyl sites for hydroxylation is 2. The van der Waals surface area contributed by atoms with Crippen molar-refractivity contribution < 1.29 is 18.3 Å². The normalized spacial score (nSPS) is 10.8. The number of ether oxygens (including phenoxy) is 1. The number of hydrogen-bond donors (Lipinski definition) is 3. The van der Waals surface area contributed by atoms with E-state index in [-0.39, 0.29) is 5.82 Å². The first-order valence-electron chi connectivity index (χ1n) is 9.49. The van der Waals surface area contributed by atoms with Crippen molar-refractivity contribution in [1.82, 2.24) is 20.7 Å². The molecule has 158 valence electrons. The zero-order valence-electron chi connectivity index (χ0n) is 16.7. The number of para-hydroxylation sites is 1. The summed E-state index contributed by atoms with van der Waals surface area (Å²) in [6, 6.07) is 12.1. The van der Waals surface area contributed by atoms with E-state index in [0.717, 1.165) is 11.3 Å². The van der Waals surface area contributed by atoms with Crippen LogP contribution in [0.5, 0.6) is 5.75 Å². The molecule has 9 heteroatoms. The number of aromatic nitrogens is 2. The van der Waals surface area contributed by atoms with E-state index in [0.29, 0.717) is 30.5 Å². The third-order valence-electron chi connectivity index (χ3n) is 4.30. The van der Waals surface area contributed by atoms with Crippen molar-refractivity contribution in [3.8, 4) is 5.75 Å². The molecule has 0 aliphatic rings. The standard InChI is InChI=1S/C21H23F2N5O2/c1-13-8-9-17(14(2)12-13)30-11-5-10-24-21(29)28-27-19-15-6-3-4-7-16(15)25-20(26-19)18(22)23/h3-4,6-9,12,18H,5,10-11H2,1-2H3,(H2,24,28,29)(H,25,26,27). The number of rotatable bonds is 8. The Morgan fingerprint density at radius 3 is 2.70 bits per heavy atom. The molecule has 0 aliphatic heterocycles. The van der Waals surface area contributed by atoms with Crippen molar-refractivity contribution >= 4 is 22.8 Å². The maximum Gasteiger partial charge on any atom is 0.333 e. The van der Waals surface area contributed by atoms with E-state index in [1.54, 1.807) is 24.3 Å². The summed E-state index contributed by atoms with van der Waals surface area (Å²) in [5.74, 6) is 0.309. The van der Waals surface area contributed by atoms with Gasteiger partial charge in [0.1, 0.15) is 5.75 Å². The fraction of sp³-hybridized carbons (Fsp3) is 0.286. The third kappa shape index (κ3) is 5.53. The molecule has 7 nitrogen and oxygen atoms in total. The van der Waals surface area contributed by atoms with Gasteiger partial charge in [0.2, 0.25) is 0 Å². The van der Waals surface area contributed by atoms with Gasteiger partial charge in [0.05, 0.1) is 12.1 Å². The summed E-state index contributed by atoms with van der Waals surface area (Å²) in [4.78, 5) is 19.6. The van der Waals surface area contributed by atoms with Gasteiger partial charge in [-0.2, -0.15) is 0 Å². The van der Waals surface area contributed by atoms with Crippen LogP contribution >= 0.6 is 0 Å².